The van der Waals surface area contributed by atoms with Crippen LogP contribution < -0.4 is 10.6 Å². The van der Waals surface area contributed by atoms with E-state index in [1.165, 1.54) is 0 Å². The maximum absolute atomic E-state index is 11.8. The third-order valence-corrected chi connectivity index (χ3v) is 3.54. The first-order chi connectivity index (χ1) is 7.66. The molecule has 1 aliphatic rings. The molecule has 1 unspecified atom stereocenters. The van der Waals surface area contributed by atoms with Crippen molar-refractivity contribution in [2.75, 3.05) is 18.4 Å². The Balaban J connectivity index is 2.02. The minimum absolute atomic E-state index is 0.0548. The standard InChI is InChI=1S/C11H14BrN3O/c1-7-9(12)2-3-10(14-7)15-11(16)8-4-5-13-6-8/h2-3,8,13H,4-6H2,1H3,(H,14,15,16). The van der Waals surface area contributed by atoms with Gasteiger partial charge in [-0.3, -0.25) is 4.79 Å². The van der Waals surface area contributed by atoms with Crippen LogP contribution in [0.4, 0.5) is 5.82 Å². The van der Waals surface area contributed by atoms with Gasteiger partial charge < -0.3 is 10.6 Å². The van der Waals surface area contributed by atoms with Crippen molar-refractivity contribution in [3.63, 3.8) is 0 Å². The molecule has 1 aromatic heterocycles. The summed E-state index contributed by atoms with van der Waals surface area (Å²) in [6.45, 7) is 3.59. The molecule has 1 aromatic rings. The lowest BCUT2D eigenvalue weighted by atomic mass is 10.1. The van der Waals surface area contributed by atoms with Crippen molar-refractivity contribution < 1.29 is 4.79 Å². The molecule has 1 atom stereocenters. The molecule has 5 heteroatoms. The molecular weight excluding hydrogens is 270 g/mol. The minimum Gasteiger partial charge on any atom is -0.316 e. The zero-order chi connectivity index (χ0) is 11.5. The van der Waals surface area contributed by atoms with Gasteiger partial charge in [-0.1, -0.05) is 0 Å². The van der Waals surface area contributed by atoms with Gasteiger partial charge in [0.15, 0.2) is 0 Å². The Morgan fingerprint density at radius 3 is 3.06 bits per heavy atom. The highest BCUT2D eigenvalue weighted by Gasteiger charge is 2.22. The predicted octanol–water partition coefficient (Wildman–Crippen LogP) is 1.70. The fourth-order valence-corrected chi connectivity index (χ4v) is 1.94. The molecule has 0 saturated carbocycles. The van der Waals surface area contributed by atoms with Crippen LogP contribution in [0.5, 0.6) is 0 Å². The molecule has 1 saturated heterocycles. The van der Waals surface area contributed by atoms with Crippen LogP contribution in [0.1, 0.15) is 12.1 Å². The number of hydrogen-bond donors (Lipinski definition) is 2. The smallest absolute Gasteiger partial charge is 0.229 e. The first-order valence-corrected chi connectivity index (χ1v) is 6.11. The van der Waals surface area contributed by atoms with Crippen molar-refractivity contribution in [1.82, 2.24) is 10.3 Å². The van der Waals surface area contributed by atoms with Gasteiger partial charge in [0.1, 0.15) is 5.82 Å². The molecule has 4 nitrogen and oxygen atoms in total. The van der Waals surface area contributed by atoms with Crippen LogP contribution in [0.2, 0.25) is 0 Å². The van der Waals surface area contributed by atoms with Crippen LogP contribution in [0.15, 0.2) is 16.6 Å². The van der Waals surface area contributed by atoms with Gasteiger partial charge >= 0.3 is 0 Å². The number of pyridine rings is 1. The summed E-state index contributed by atoms with van der Waals surface area (Å²) in [4.78, 5) is 16.1. The molecule has 0 aliphatic carbocycles. The monoisotopic (exact) mass is 283 g/mol. The quantitative estimate of drug-likeness (QED) is 0.869. The van der Waals surface area contributed by atoms with E-state index in [1.807, 2.05) is 13.0 Å². The third-order valence-electron chi connectivity index (χ3n) is 2.70. The van der Waals surface area contributed by atoms with E-state index in [0.29, 0.717) is 5.82 Å². The first-order valence-electron chi connectivity index (χ1n) is 5.31. The van der Waals surface area contributed by atoms with Crippen molar-refractivity contribution in [3.05, 3.63) is 22.3 Å². The molecular formula is C11H14BrN3O. The molecule has 0 spiro atoms. The highest BCUT2D eigenvalue weighted by molar-refractivity contribution is 9.10. The molecule has 1 amide bonds. The average Bonchev–Trinajstić information content (AvgIpc) is 2.77. The van der Waals surface area contributed by atoms with E-state index in [-0.39, 0.29) is 11.8 Å². The number of nitrogens with zero attached hydrogens (tertiary/aromatic N) is 1. The molecule has 2 N–H and O–H groups in total. The highest BCUT2D eigenvalue weighted by Crippen LogP contribution is 2.17. The van der Waals surface area contributed by atoms with Gasteiger partial charge in [-0.05, 0) is 48.0 Å². The Hall–Kier alpha value is -0.940. The van der Waals surface area contributed by atoms with Crippen LogP contribution in [-0.2, 0) is 4.79 Å². The zero-order valence-electron chi connectivity index (χ0n) is 9.09. The second-order valence-corrected chi connectivity index (χ2v) is 4.80. The summed E-state index contributed by atoms with van der Waals surface area (Å²) < 4.78 is 0.952. The van der Waals surface area contributed by atoms with Gasteiger partial charge in [-0.15, -0.1) is 0 Å². The molecule has 0 bridgehead atoms. The van der Waals surface area contributed by atoms with Crippen molar-refractivity contribution in [2.24, 2.45) is 5.92 Å². The van der Waals surface area contributed by atoms with Crippen LogP contribution in [0.3, 0.4) is 0 Å². The number of rotatable bonds is 2. The number of amides is 1. The van der Waals surface area contributed by atoms with Gasteiger partial charge in [-0.2, -0.15) is 0 Å². The second kappa shape index (κ2) is 4.93. The average molecular weight is 284 g/mol. The number of nitrogens with one attached hydrogen (secondary N) is 2. The fraction of sp³-hybridized carbons (Fsp3) is 0.455. The summed E-state index contributed by atoms with van der Waals surface area (Å²) >= 11 is 3.38. The largest absolute Gasteiger partial charge is 0.316 e. The maximum Gasteiger partial charge on any atom is 0.229 e. The van der Waals surface area contributed by atoms with E-state index in [2.05, 4.69) is 31.5 Å². The van der Waals surface area contributed by atoms with E-state index in [9.17, 15) is 4.79 Å². The maximum atomic E-state index is 11.8. The van der Waals surface area contributed by atoms with Gasteiger partial charge in [0.05, 0.1) is 11.6 Å². The van der Waals surface area contributed by atoms with Gasteiger partial charge in [0.2, 0.25) is 5.91 Å². The highest BCUT2D eigenvalue weighted by atomic mass is 79.9. The number of carbonyl (C=O) groups excluding carboxylic acids is 1. The molecule has 0 aromatic carbocycles. The SMILES string of the molecule is Cc1nc(NC(=O)C2CCNC2)ccc1Br. The number of anilines is 1. The van der Waals surface area contributed by atoms with E-state index < -0.39 is 0 Å². The van der Waals surface area contributed by atoms with Crippen LogP contribution in [0.25, 0.3) is 0 Å². The van der Waals surface area contributed by atoms with Gasteiger partial charge in [-0.25, -0.2) is 4.98 Å². The Morgan fingerprint density at radius 1 is 1.62 bits per heavy atom. The summed E-state index contributed by atoms with van der Waals surface area (Å²) in [6.07, 6.45) is 0.904. The van der Waals surface area contributed by atoms with Crippen LogP contribution in [0, 0.1) is 12.8 Å². The number of halogens is 1. The summed E-state index contributed by atoms with van der Waals surface area (Å²) in [7, 11) is 0. The lowest BCUT2D eigenvalue weighted by Gasteiger charge is -2.09. The van der Waals surface area contributed by atoms with Crippen LogP contribution in [-0.4, -0.2) is 24.0 Å². The minimum atomic E-state index is 0.0548. The van der Waals surface area contributed by atoms with Crippen molar-refractivity contribution in [2.45, 2.75) is 13.3 Å². The normalized spacial score (nSPS) is 19.8. The Labute approximate surface area is 103 Å². The van der Waals surface area contributed by atoms with Crippen molar-refractivity contribution >= 4 is 27.7 Å². The van der Waals surface area contributed by atoms with E-state index in [1.54, 1.807) is 6.07 Å². The Kier molecular flexibility index (Phi) is 3.56. The Bertz CT molecular complexity index is 402. The van der Waals surface area contributed by atoms with Crippen molar-refractivity contribution in [1.29, 1.82) is 0 Å². The van der Waals surface area contributed by atoms with Crippen LogP contribution >= 0.6 is 15.9 Å². The van der Waals surface area contributed by atoms with Crippen molar-refractivity contribution in [3.8, 4) is 0 Å². The topological polar surface area (TPSA) is 54.0 Å². The molecule has 1 aliphatic heterocycles. The summed E-state index contributed by atoms with van der Waals surface area (Å²) in [5.41, 5.74) is 0.877. The predicted molar refractivity (Wildman–Crippen MR) is 66.3 cm³/mol. The summed E-state index contributed by atoms with van der Waals surface area (Å²) in [5.74, 6) is 0.752. The lowest BCUT2D eigenvalue weighted by Crippen LogP contribution is -2.25. The summed E-state index contributed by atoms with van der Waals surface area (Å²) in [6, 6.07) is 3.70. The number of aryl methyl sites for hydroxylation is 1. The molecule has 2 rings (SSSR count). The molecule has 16 heavy (non-hydrogen) atoms. The third kappa shape index (κ3) is 2.59. The molecule has 0 radical (unpaired) electrons. The first kappa shape index (κ1) is 11.5. The lowest BCUT2D eigenvalue weighted by molar-refractivity contribution is -0.119. The van der Waals surface area contributed by atoms with Gasteiger partial charge in [0.25, 0.3) is 0 Å². The number of aromatic nitrogens is 1. The number of hydrogen-bond acceptors (Lipinski definition) is 3. The molecule has 2 heterocycles. The molecule has 1 fully saturated rings. The zero-order valence-corrected chi connectivity index (χ0v) is 10.7. The van der Waals surface area contributed by atoms with E-state index >= 15 is 0 Å². The van der Waals surface area contributed by atoms with E-state index in [4.69, 9.17) is 0 Å². The van der Waals surface area contributed by atoms with E-state index in [0.717, 1.165) is 29.7 Å². The van der Waals surface area contributed by atoms with Gasteiger partial charge in [0, 0.05) is 11.0 Å². The Morgan fingerprint density at radius 2 is 2.44 bits per heavy atom. The number of carbonyl (C=O) groups is 1. The molecule has 86 valence electrons. The fourth-order valence-electron chi connectivity index (χ4n) is 1.72. The summed E-state index contributed by atoms with van der Waals surface area (Å²) in [5, 5.41) is 6.01. The second-order valence-electron chi connectivity index (χ2n) is 3.94.